The molecule has 0 aromatic rings. The summed E-state index contributed by atoms with van der Waals surface area (Å²) in [6.07, 6.45) is 0.556. The van der Waals surface area contributed by atoms with Gasteiger partial charge in [-0.2, -0.15) is 0 Å². The van der Waals surface area contributed by atoms with Crippen molar-refractivity contribution >= 4 is 6.41 Å². The van der Waals surface area contributed by atoms with Gasteiger partial charge < -0.3 is 10.1 Å². The minimum atomic E-state index is 0. The maximum Gasteiger partial charge on any atom is 1.00 e. The molecule has 0 rings (SSSR count). The second-order valence-corrected chi connectivity index (χ2v) is 0.604. The molecule has 2 nitrogen and oxygen atoms in total. The number of carbonyl (C=O) groups is 1. The van der Waals surface area contributed by atoms with Gasteiger partial charge in [0.2, 0.25) is 0 Å². The molecule has 0 heterocycles. The van der Waals surface area contributed by atoms with Crippen LogP contribution in [0.15, 0.2) is 0 Å². The minimum Gasteiger partial charge on any atom is -0.656 e. The number of carbonyl (C=O) groups excluding carboxylic acids is 1. The fourth-order valence-corrected chi connectivity index (χ4v) is 0.0745. The summed E-state index contributed by atoms with van der Waals surface area (Å²) in [5.41, 5.74) is 0. The van der Waals surface area contributed by atoms with Crippen molar-refractivity contribution in [3.8, 4) is 0 Å². The van der Waals surface area contributed by atoms with Gasteiger partial charge in [-0.25, -0.2) is 0 Å². The van der Waals surface area contributed by atoms with Gasteiger partial charge in [0.05, 0.1) is 0 Å². The Labute approximate surface area is 80.1 Å². The average molecular weight is 111 g/mol. The van der Waals surface area contributed by atoms with E-state index >= 15 is 0 Å². The van der Waals surface area contributed by atoms with E-state index < -0.39 is 0 Å². The summed E-state index contributed by atoms with van der Waals surface area (Å²) in [5, 5.41) is 3.29. The topological polar surface area (TPSA) is 31.2 Å². The van der Waals surface area contributed by atoms with Crippen molar-refractivity contribution in [3.63, 3.8) is 0 Å². The molecule has 0 bridgehead atoms. The molecule has 1 amide bonds. The molecule has 0 aliphatic heterocycles. The molecular formula is C3H6KNO. The third-order valence-corrected chi connectivity index (χ3v) is 0.257. The summed E-state index contributed by atoms with van der Waals surface area (Å²) in [7, 11) is 0. The van der Waals surface area contributed by atoms with Crippen LogP contribution in [0.5, 0.6) is 0 Å². The van der Waals surface area contributed by atoms with Crippen LogP contribution in [-0.4, -0.2) is 13.0 Å². The second-order valence-electron chi connectivity index (χ2n) is 0.604. The van der Waals surface area contributed by atoms with Crippen LogP contribution in [0.4, 0.5) is 0 Å². The number of hydrogen-bond acceptors (Lipinski definition) is 1. The zero-order chi connectivity index (χ0) is 4.12. The largest absolute Gasteiger partial charge is 1.00 e. The van der Waals surface area contributed by atoms with Gasteiger partial charge in [-0.15, -0.1) is 6.54 Å². The third kappa shape index (κ3) is 8.92. The Kier molecular flexibility index (Phi) is 16.0. The van der Waals surface area contributed by atoms with Gasteiger partial charge in [0.1, 0.15) is 0 Å². The molecule has 0 aromatic carbocycles. The maximum absolute atomic E-state index is 9.24. The van der Waals surface area contributed by atoms with Crippen LogP contribution in [0, 0.1) is 0 Å². The number of amides is 1. The standard InChI is InChI=1S/C3H7NO.K/c1-2-4-3-5;/h3H,2H2,1H3,(H,4,5);/q;+1/p-1. The van der Waals surface area contributed by atoms with Gasteiger partial charge in [-0.05, 0) is 0 Å². The Morgan fingerprint density at radius 3 is 2.33 bits per heavy atom. The summed E-state index contributed by atoms with van der Waals surface area (Å²) >= 11 is 0. The Morgan fingerprint density at radius 1 is 1.83 bits per heavy atom. The maximum atomic E-state index is 9.24. The van der Waals surface area contributed by atoms with Crippen molar-refractivity contribution in [3.05, 3.63) is 5.32 Å². The normalized spacial score (nSPS) is 5.50. The van der Waals surface area contributed by atoms with E-state index in [1.807, 2.05) is 6.92 Å². The van der Waals surface area contributed by atoms with Gasteiger partial charge in [0.25, 0.3) is 0 Å². The van der Waals surface area contributed by atoms with Crippen LogP contribution in [-0.2, 0) is 4.79 Å². The molecule has 30 valence electrons. The molecule has 0 aromatic heterocycles. The molecule has 0 saturated carbocycles. The zero-order valence-electron chi connectivity index (χ0n) is 4.14. The third-order valence-electron chi connectivity index (χ3n) is 0.257. The number of hydrogen-bond donors (Lipinski definition) is 0. The molecule has 0 saturated heterocycles. The molecular weight excluding hydrogens is 105 g/mol. The van der Waals surface area contributed by atoms with Crippen molar-refractivity contribution in [1.29, 1.82) is 0 Å². The number of rotatable bonds is 2. The molecule has 0 atom stereocenters. The Balaban J connectivity index is 0. The summed E-state index contributed by atoms with van der Waals surface area (Å²) in [6, 6.07) is 0. The first-order valence-corrected chi connectivity index (χ1v) is 1.52. The van der Waals surface area contributed by atoms with Crippen LogP contribution in [0.25, 0.3) is 5.32 Å². The summed E-state index contributed by atoms with van der Waals surface area (Å²) < 4.78 is 0. The van der Waals surface area contributed by atoms with E-state index in [1.165, 1.54) is 0 Å². The quantitative estimate of drug-likeness (QED) is 0.287. The van der Waals surface area contributed by atoms with Crippen molar-refractivity contribution in [1.82, 2.24) is 0 Å². The first-order valence-electron chi connectivity index (χ1n) is 1.52. The van der Waals surface area contributed by atoms with Crippen LogP contribution in [0.3, 0.4) is 0 Å². The molecule has 0 aliphatic carbocycles. The van der Waals surface area contributed by atoms with E-state index in [1.54, 1.807) is 0 Å². The van der Waals surface area contributed by atoms with Crippen LogP contribution in [0.1, 0.15) is 6.92 Å². The summed E-state index contributed by atoms with van der Waals surface area (Å²) in [5.74, 6) is 0. The van der Waals surface area contributed by atoms with Crippen LogP contribution >= 0.6 is 0 Å². The summed E-state index contributed by atoms with van der Waals surface area (Å²) in [6.45, 7) is 2.41. The second kappa shape index (κ2) is 9.44. The molecule has 0 aliphatic rings. The van der Waals surface area contributed by atoms with Gasteiger partial charge >= 0.3 is 51.4 Å². The Morgan fingerprint density at radius 2 is 2.33 bits per heavy atom. The molecule has 0 spiro atoms. The molecule has 0 N–H and O–H groups in total. The molecule has 0 radical (unpaired) electrons. The minimum absolute atomic E-state index is 0. The summed E-state index contributed by atoms with van der Waals surface area (Å²) in [4.78, 5) is 9.24. The molecule has 3 heteroatoms. The van der Waals surface area contributed by atoms with E-state index in [2.05, 4.69) is 5.32 Å². The van der Waals surface area contributed by atoms with E-state index in [0.29, 0.717) is 13.0 Å². The van der Waals surface area contributed by atoms with Crippen molar-refractivity contribution in [2.24, 2.45) is 0 Å². The Bertz CT molecular complexity index is 32.0. The Hall–Kier alpha value is 1.11. The van der Waals surface area contributed by atoms with Crippen LogP contribution in [0.2, 0.25) is 0 Å². The van der Waals surface area contributed by atoms with Gasteiger partial charge in [0.15, 0.2) is 0 Å². The van der Waals surface area contributed by atoms with Crippen molar-refractivity contribution in [2.75, 3.05) is 6.54 Å². The van der Waals surface area contributed by atoms with E-state index in [4.69, 9.17) is 0 Å². The number of nitrogens with zero attached hydrogens (tertiary/aromatic N) is 1. The molecule has 6 heavy (non-hydrogen) atoms. The molecule has 0 unspecified atom stereocenters. The fraction of sp³-hybridized carbons (Fsp3) is 0.667. The molecule has 0 fully saturated rings. The SMILES string of the molecule is CC[N-]C=O.[K+]. The smallest absolute Gasteiger partial charge is 0.656 e. The average Bonchev–Trinajstić information content (AvgIpc) is 1.41. The van der Waals surface area contributed by atoms with Gasteiger partial charge in [-0.3, -0.25) is 0 Å². The van der Waals surface area contributed by atoms with Crippen molar-refractivity contribution in [2.45, 2.75) is 6.92 Å². The van der Waals surface area contributed by atoms with Gasteiger partial charge in [-0.1, -0.05) is 6.92 Å². The first-order chi connectivity index (χ1) is 2.41. The monoisotopic (exact) mass is 111 g/mol. The predicted molar refractivity (Wildman–Crippen MR) is 20.0 cm³/mol. The van der Waals surface area contributed by atoms with E-state index in [-0.39, 0.29) is 51.4 Å². The van der Waals surface area contributed by atoms with Crippen LogP contribution < -0.4 is 51.4 Å². The zero-order valence-corrected chi connectivity index (χ0v) is 7.26. The fourth-order valence-electron chi connectivity index (χ4n) is 0.0745. The van der Waals surface area contributed by atoms with E-state index in [0.717, 1.165) is 0 Å². The predicted octanol–water partition coefficient (Wildman–Crippen LogP) is -2.46. The van der Waals surface area contributed by atoms with Crippen molar-refractivity contribution < 1.29 is 56.2 Å². The van der Waals surface area contributed by atoms with E-state index in [9.17, 15) is 4.79 Å². The van der Waals surface area contributed by atoms with Gasteiger partial charge in [0, 0.05) is 6.41 Å². The first kappa shape index (κ1) is 10.2.